The molecule has 2 aromatic rings. The summed E-state index contributed by atoms with van der Waals surface area (Å²) in [5, 5.41) is -0.847. The summed E-state index contributed by atoms with van der Waals surface area (Å²) < 4.78 is 62.7. The predicted molar refractivity (Wildman–Crippen MR) is 106 cm³/mol. The number of unbranched alkanes of at least 4 members (excludes halogenated alkanes) is 1. The Morgan fingerprint density at radius 1 is 0.926 bits per heavy atom. The molecular formula is C20H25FO4S2. The van der Waals surface area contributed by atoms with Crippen molar-refractivity contribution in [1.82, 2.24) is 0 Å². The second kappa shape index (κ2) is 8.52. The van der Waals surface area contributed by atoms with Crippen molar-refractivity contribution in [3.8, 4) is 0 Å². The molecule has 0 aliphatic carbocycles. The number of sulfone groups is 2. The molecule has 148 valence electrons. The SMILES string of the molecule is Cc1ccc(S(=O)(=O)C(CCCCS(C)(=O)=O)c2ccc(F)cc2C)cc1. The highest BCUT2D eigenvalue weighted by Gasteiger charge is 2.30. The molecular weight excluding hydrogens is 387 g/mol. The van der Waals surface area contributed by atoms with Crippen molar-refractivity contribution in [3.05, 3.63) is 65.0 Å². The molecule has 7 heteroatoms. The van der Waals surface area contributed by atoms with Gasteiger partial charge in [0.15, 0.2) is 9.84 Å². The van der Waals surface area contributed by atoms with Crippen LogP contribution in [-0.4, -0.2) is 28.8 Å². The highest BCUT2D eigenvalue weighted by atomic mass is 32.2. The molecule has 1 unspecified atom stereocenters. The van der Waals surface area contributed by atoms with E-state index < -0.39 is 30.7 Å². The van der Waals surface area contributed by atoms with Gasteiger partial charge < -0.3 is 0 Å². The third kappa shape index (κ3) is 5.87. The van der Waals surface area contributed by atoms with Crippen molar-refractivity contribution >= 4 is 19.7 Å². The van der Waals surface area contributed by atoms with E-state index in [1.165, 1.54) is 18.2 Å². The number of aryl methyl sites for hydroxylation is 2. The molecule has 0 amide bonds. The first-order chi connectivity index (χ1) is 12.5. The van der Waals surface area contributed by atoms with E-state index in [-0.39, 0.29) is 17.1 Å². The standard InChI is InChI=1S/C20H25FO4S2/c1-15-7-10-18(11-8-15)27(24,25)20(6-4-5-13-26(3,22)23)19-12-9-17(21)14-16(19)2/h7-12,14,20H,4-6,13H2,1-3H3. The monoisotopic (exact) mass is 412 g/mol. The van der Waals surface area contributed by atoms with Gasteiger partial charge in [-0.3, -0.25) is 0 Å². The summed E-state index contributed by atoms with van der Waals surface area (Å²) >= 11 is 0. The summed E-state index contributed by atoms with van der Waals surface area (Å²) in [6.45, 7) is 3.57. The Morgan fingerprint density at radius 2 is 1.56 bits per heavy atom. The van der Waals surface area contributed by atoms with E-state index in [0.29, 0.717) is 24.0 Å². The van der Waals surface area contributed by atoms with Crippen LogP contribution in [0.25, 0.3) is 0 Å². The quantitative estimate of drug-likeness (QED) is 0.610. The molecule has 0 fully saturated rings. The maximum Gasteiger partial charge on any atom is 0.185 e. The molecule has 0 spiro atoms. The van der Waals surface area contributed by atoms with Crippen molar-refractivity contribution in [2.24, 2.45) is 0 Å². The molecule has 0 radical (unpaired) electrons. The van der Waals surface area contributed by atoms with Crippen LogP contribution in [-0.2, 0) is 19.7 Å². The van der Waals surface area contributed by atoms with E-state index >= 15 is 0 Å². The van der Waals surface area contributed by atoms with Crippen LogP contribution < -0.4 is 0 Å². The van der Waals surface area contributed by atoms with Crippen molar-refractivity contribution in [2.75, 3.05) is 12.0 Å². The summed E-state index contributed by atoms with van der Waals surface area (Å²) in [6, 6.07) is 10.7. The minimum absolute atomic E-state index is 0.0205. The van der Waals surface area contributed by atoms with Crippen LogP contribution in [0.2, 0.25) is 0 Å². The lowest BCUT2D eigenvalue weighted by Crippen LogP contribution is -2.16. The van der Waals surface area contributed by atoms with Gasteiger partial charge in [-0.15, -0.1) is 0 Å². The minimum atomic E-state index is -3.69. The first-order valence-electron chi connectivity index (χ1n) is 8.75. The van der Waals surface area contributed by atoms with Crippen molar-refractivity contribution in [2.45, 2.75) is 43.3 Å². The summed E-state index contributed by atoms with van der Waals surface area (Å²) in [7, 11) is -6.79. The molecule has 2 rings (SSSR count). The number of benzene rings is 2. The van der Waals surface area contributed by atoms with Crippen molar-refractivity contribution in [1.29, 1.82) is 0 Å². The third-order valence-corrected chi connectivity index (χ3v) is 7.73. The molecule has 4 nitrogen and oxygen atoms in total. The fraction of sp³-hybridized carbons (Fsp3) is 0.400. The Labute approximate surface area is 161 Å². The molecule has 0 N–H and O–H groups in total. The van der Waals surface area contributed by atoms with Gasteiger partial charge in [-0.05, 0) is 62.1 Å². The second-order valence-electron chi connectivity index (χ2n) is 6.97. The van der Waals surface area contributed by atoms with Crippen LogP contribution in [0, 0.1) is 19.7 Å². The van der Waals surface area contributed by atoms with E-state index in [1.807, 2.05) is 6.92 Å². The summed E-state index contributed by atoms with van der Waals surface area (Å²) in [5.74, 6) is -0.396. The van der Waals surface area contributed by atoms with Gasteiger partial charge in [0.1, 0.15) is 15.7 Å². The Morgan fingerprint density at radius 3 is 2.11 bits per heavy atom. The number of hydrogen-bond donors (Lipinski definition) is 0. The molecule has 1 atom stereocenters. The summed E-state index contributed by atoms with van der Waals surface area (Å²) in [4.78, 5) is 0.213. The van der Waals surface area contributed by atoms with Gasteiger partial charge in [0.25, 0.3) is 0 Å². The Bertz CT molecular complexity index is 995. The Balaban J connectivity index is 2.38. The maximum atomic E-state index is 13.5. The van der Waals surface area contributed by atoms with Crippen LogP contribution in [0.3, 0.4) is 0 Å². The van der Waals surface area contributed by atoms with Gasteiger partial charge in [-0.1, -0.05) is 30.2 Å². The maximum absolute atomic E-state index is 13.5. The molecule has 0 saturated heterocycles. The molecule has 0 aliphatic rings. The number of hydrogen-bond acceptors (Lipinski definition) is 4. The molecule has 2 aromatic carbocycles. The van der Waals surface area contributed by atoms with Crippen LogP contribution >= 0.6 is 0 Å². The fourth-order valence-corrected chi connectivity index (χ4v) is 5.71. The molecule has 0 heterocycles. The first-order valence-corrected chi connectivity index (χ1v) is 12.4. The van der Waals surface area contributed by atoms with E-state index in [2.05, 4.69) is 0 Å². The summed E-state index contributed by atoms with van der Waals surface area (Å²) in [6.07, 6.45) is 2.27. The second-order valence-corrected chi connectivity index (χ2v) is 11.4. The zero-order chi connectivity index (χ0) is 20.2. The van der Waals surface area contributed by atoms with Gasteiger partial charge in [0, 0.05) is 12.0 Å². The first kappa shape index (κ1) is 21.6. The van der Waals surface area contributed by atoms with Gasteiger partial charge >= 0.3 is 0 Å². The van der Waals surface area contributed by atoms with Crippen LogP contribution in [0.4, 0.5) is 4.39 Å². The third-order valence-electron chi connectivity index (χ3n) is 4.53. The molecule has 27 heavy (non-hydrogen) atoms. The van der Waals surface area contributed by atoms with Gasteiger partial charge in [0.2, 0.25) is 0 Å². The fourth-order valence-electron chi connectivity index (χ4n) is 3.06. The van der Waals surface area contributed by atoms with Crippen molar-refractivity contribution in [3.63, 3.8) is 0 Å². The highest BCUT2D eigenvalue weighted by Crippen LogP contribution is 2.35. The van der Waals surface area contributed by atoms with Crippen LogP contribution in [0.15, 0.2) is 47.4 Å². The molecule has 0 aliphatic heterocycles. The van der Waals surface area contributed by atoms with E-state index in [0.717, 1.165) is 11.8 Å². The molecule has 0 bridgehead atoms. The highest BCUT2D eigenvalue weighted by molar-refractivity contribution is 7.91. The van der Waals surface area contributed by atoms with E-state index in [1.54, 1.807) is 31.2 Å². The molecule has 0 aromatic heterocycles. The normalized spacial score (nSPS) is 13.5. The van der Waals surface area contributed by atoms with E-state index in [9.17, 15) is 21.2 Å². The number of rotatable bonds is 8. The smallest absolute Gasteiger partial charge is 0.185 e. The largest absolute Gasteiger partial charge is 0.229 e. The van der Waals surface area contributed by atoms with Gasteiger partial charge in [-0.25, -0.2) is 21.2 Å². The lowest BCUT2D eigenvalue weighted by atomic mass is 10.0. The average Bonchev–Trinajstić information content (AvgIpc) is 2.55. The number of halogens is 1. The lowest BCUT2D eigenvalue weighted by molar-refractivity contribution is 0.565. The zero-order valence-corrected chi connectivity index (χ0v) is 17.4. The van der Waals surface area contributed by atoms with Gasteiger partial charge in [0.05, 0.1) is 10.1 Å². The minimum Gasteiger partial charge on any atom is -0.229 e. The molecule has 0 saturated carbocycles. The summed E-state index contributed by atoms with van der Waals surface area (Å²) in [5.41, 5.74) is 2.08. The van der Waals surface area contributed by atoms with Crippen LogP contribution in [0.5, 0.6) is 0 Å². The van der Waals surface area contributed by atoms with E-state index in [4.69, 9.17) is 0 Å². The average molecular weight is 413 g/mol. The topological polar surface area (TPSA) is 68.3 Å². The lowest BCUT2D eigenvalue weighted by Gasteiger charge is -2.20. The Hall–Kier alpha value is -1.73. The zero-order valence-electron chi connectivity index (χ0n) is 15.8. The van der Waals surface area contributed by atoms with Gasteiger partial charge in [-0.2, -0.15) is 0 Å². The Kier molecular flexibility index (Phi) is 6.81. The van der Waals surface area contributed by atoms with Crippen LogP contribution in [0.1, 0.15) is 41.2 Å². The predicted octanol–water partition coefficient (Wildman–Crippen LogP) is 4.17. The van der Waals surface area contributed by atoms with Crippen molar-refractivity contribution < 1.29 is 21.2 Å².